The lowest BCUT2D eigenvalue weighted by molar-refractivity contribution is -0.131. The molecule has 47 heavy (non-hydrogen) atoms. The number of ether oxygens (including phenoxy) is 2. The molecule has 4 N–H and O–H groups in total. The molecule has 0 fully saturated rings. The van der Waals surface area contributed by atoms with E-state index in [9.17, 15) is 18.0 Å². The van der Waals surface area contributed by atoms with Crippen LogP contribution in [0.2, 0.25) is 0 Å². The summed E-state index contributed by atoms with van der Waals surface area (Å²) in [6, 6.07) is 14.7. The molecule has 1 heterocycles. The van der Waals surface area contributed by atoms with Gasteiger partial charge in [-0.25, -0.2) is 13.4 Å². The van der Waals surface area contributed by atoms with Crippen molar-refractivity contribution in [1.82, 2.24) is 9.88 Å². The lowest BCUT2D eigenvalue weighted by Gasteiger charge is -2.28. The summed E-state index contributed by atoms with van der Waals surface area (Å²) in [7, 11) is -2.02. The van der Waals surface area contributed by atoms with Crippen LogP contribution >= 0.6 is 0 Å². The second-order valence-electron chi connectivity index (χ2n) is 11.5. The van der Waals surface area contributed by atoms with Gasteiger partial charge in [-0.1, -0.05) is 13.0 Å². The molecule has 12 heteroatoms. The molecule has 4 rings (SSSR count). The normalized spacial score (nSPS) is 12.1. The van der Waals surface area contributed by atoms with E-state index in [4.69, 9.17) is 15.2 Å². The van der Waals surface area contributed by atoms with Gasteiger partial charge in [-0.15, -0.1) is 0 Å². The van der Waals surface area contributed by atoms with Gasteiger partial charge in [0.2, 0.25) is 11.8 Å². The molecule has 0 radical (unpaired) electrons. The summed E-state index contributed by atoms with van der Waals surface area (Å²) in [5, 5.41) is 7.83. The Balaban J connectivity index is 1.80. The van der Waals surface area contributed by atoms with Crippen LogP contribution in [0.4, 0.5) is 17.2 Å². The molecule has 0 saturated heterocycles. The lowest BCUT2D eigenvalue weighted by atomic mass is 10.0. The Kier molecular flexibility index (Phi) is 11.0. The van der Waals surface area contributed by atoms with Gasteiger partial charge in [0.25, 0.3) is 0 Å². The number of likely N-dealkylation sites (N-methyl/N-ethyl adjacent to an activating group) is 1. The van der Waals surface area contributed by atoms with Crippen molar-refractivity contribution in [1.29, 1.82) is 0 Å². The Morgan fingerprint density at radius 1 is 1.00 bits per heavy atom. The minimum Gasteiger partial charge on any atom is -0.490 e. The highest BCUT2D eigenvalue weighted by Gasteiger charge is 2.28. The first-order valence-corrected chi connectivity index (χ1v) is 17.1. The largest absolute Gasteiger partial charge is 0.490 e. The number of rotatable bonds is 13. The fourth-order valence-corrected chi connectivity index (χ4v) is 6.46. The van der Waals surface area contributed by atoms with Crippen LogP contribution in [-0.4, -0.2) is 55.6 Å². The van der Waals surface area contributed by atoms with Gasteiger partial charge in [-0.2, -0.15) is 0 Å². The van der Waals surface area contributed by atoms with Gasteiger partial charge in [0, 0.05) is 43.5 Å². The van der Waals surface area contributed by atoms with Crippen LogP contribution in [0.25, 0.3) is 10.8 Å². The van der Waals surface area contributed by atoms with Crippen molar-refractivity contribution in [3.05, 3.63) is 77.5 Å². The van der Waals surface area contributed by atoms with E-state index in [0.717, 1.165) is 16.3 Å². The summed E-state index contributed by atoms with van der Waals surface area (Å²) >= 11 is 0. The second-order valence-corrected chi connectivity index (χ2v) is 13.8. The molecular formula is C35H43N5O6S. The molecule has 0 aliphatic carbocycles. The molecule has 1 unspecified atom stereocenters. The predicted molar refractivity (Wildman–Crippen MR) is 186 cm³/mol. The fourth-order valence-electron chi connectivity index (χ4n) is 5.35. The first-order chi connectivity index (χ1) is 22.2. The number of fused-ring (bicyclic) bond motifs is 1. The number of nitrogens with two attached hydrogens (primary N) is 1. The van der Waals surface area contributed by atoms with Crippen molar-refractivity contribution in [2.45, 2.75) is 65.1 Å². The first kappa shape index (κ1) is 35.0. The molecule has 0 bridgehead atoms. The van der Waals surface area contributed by atoms with E-state index in [-0.39, 0.29) is 35.1 Å². The number of hydrogen-bond donors (Lipinski definition) is 3. The maximum absolute atomic E-state index is 14.4. The van der Waals surface area contributed by atoms with Crippen molar-refractivity contribution in [3.8, 4) is 11.5 Å². The molecule has 0 spiro atoms. The Bertz CT molecular complexity index is 1890. The van der Waals surface area contributed by atoms with Crippen molar-refractivity contribution in [2.75, 3.05) is 35.8 Å². The number of carbonyl (C=O) groups excluding carboxylic acids is 2. The average molecular weight is 662 g/mol. The highest BCUT2D eigenvalue weighted by molar-refractivity contribution is 7.91. The van der Waals surface area contributed by atoms with E-state index in [0.29, 0.717) is 46.4 Å². The molecule has 0 saturated carbocycles. The first-order valence-electron chi connectivity index (χ1n) is 15.5. The molecule has 3 aromatic carbocycles. The van der Waals surface area contributed by atoms with Crippen LogP contribution in [0.15, 0.2) is 65.7 Å². The minimum atomic E-state index is -3.64. The van der Waals surface area contributed by atoms with E-state index in [1.807, 2.05) is 52.0 Å². The summed E-state index contributed by atoms with van der Waals surface area (Å²) in [6.07, 6.45) is 1.55. The summed E-state index contributed by atoms with van der Waals surface area (Å²) in [5.41, 5.74) is 9.14. The molecule has 1 aromatic heterocycles. The average Bonchev–Trinajstić information content (AvgIpc) is 3.01. The predicted octanol–water partition coefficient (Wildman–Crippen LogP) is 5.88. The molecule has 11 nitrogen and oxygen atoms in total. The number of sulfone groups is 1. The molecular weight excluding hydrogens is 618 g/mol. The van der Waals surface area contributed by atoms with Gasteiger partial charge >= 0.3 is 0 Å². The Morgan fingerprint density at radius 2 is 1.74 bits per heavy atom. The highest BCUT2D eigenvalue weighted by atomic mass is 32.2. The van der Waals surface area contributed by atoms with E-state index >= 15 is 0 Å². The van der Waals surface area contributed by atoms with Crippen LogP contribution in [0.5, 0.6) is 11.5 Å². The van der Waals surface area contributed by atoms with E-state index in [1.54, 1.807) is 44.4 Å². The Labute approximate surface area is 276 Å². The molecule has 4 aromatic rings. The van der Waals surface area contributed by atoms with Gasteiger partial charge < -0.3 is 30.7 Å². The second kappa shape index (κ2) is 14.7. The number of carbonyl (C=O) groups is 2. The number of hydrogen-bond acceptors (Lipinski definition) is 9. The molecule has 1 atom stereocenters. The number of pyridine rings is 1. The Hall–Kier alpha value is -4.84. The van der Waals surface area contributed by atoms with Gasteiger partial charge in [-0.3, -0.25) is 9.59 Å². The van der Waals surface area contributed by atoms with Gasteiger partial charge in [-0.05, 0) is 98.3 Å². The third-order valence-corrected chi connectivity index (χ3v) is 9.46. The van der Waals surface area contributed by atoms with Crippen molar-refractivity contribution < 1.29 is 27.5 Å². The number of nitrogens with one attached hydrogen (secondary N) is 2. The van der Waals surface area contributed by atoms with E-state index < -0.39 is 15.9 Å². The summed E-state index contributed by atoms with van der Waals surface area (Å²) in [6.45, 7) is 10.9. The zero-order valence-electron chi connectivity index (χ0n) is 27.9. The number of anilines is 3. The standard InChI is InChI=1S/C35H43N5O6S/c1-8-45-31-19-24(10-14-30(31)46-21(3)4)33(39-29-13-12-28-27(22(29)5)16-17-37-34(28)36)35(42)40(7)20-25-18-26(38-23(6)41)11-15-32(25)47(43,44)9-2/h10-19,21,33,39H,8-9,20H2,1-7H3,(H2,36,37)(H,38,41). The molecule has 0 aliphatic heterocycles. The minimum absolute atomic E-state index is 0.0369. The van der Waals surface area contributed by atoms with Crippen LogP contribution in [-0.2, 0) is 26.0 Å². The fraction of sp³-hybridized carbons (Fsp3) is 0.343. The van der Waals surface area contributed by atoms with Crippen LogP contribution in [0, 0.1) is 6.92 Å². The zero-order chi connectivity index (χ0) is 34.5. The van der Waals surface area contributed by atoms with Gasteiger partial charge in [0.15, 0.2) is 21.3 Å². The third kappa shape index (κ3) is 8.12. The zero-order valence-corrected chi connectivity index (χ0v) is 28.7. The smallest absolute Gasteiger partial charge is 0.249 e. The molecule has 250 valence electrons. The maximum Gasteiger partial charge on any atom is 0.249 e. The van der Waals surface area contributed by atoms with Gasteiger partial charge in [0.05, 0.1) is 23.4 Å². The number of benzene rings is 3. The number of aromatic nitrogens is 1. The Morgan fingerprint density at radius 3 is 2.40 bits per heavy atom. The molecule has 2 amide bonds. The van der Waals surface area contributed by atoms with Crippen LogP contribution < -0.4 is 25.8 Å². The van der Waals surface area contributed by atoms with Crippen LogP contribution in [0.3, 0.4) is 0 Å². The number of aryl methyl sites for hydroxylation is 1. The number of amides is 2. The number of nitrogens with zero attached hydrogens (tertiary/aromatic N) is 2. The monoisotopic (exact) mass is 661 g/mol. The SMILES string of the molecule is CCOc1cc(C(Nc2ccc3c(N)nccc3c2C)C(=O)N(C)Cc2cc(NC(C)=O)ccc2S(=O)(=O)CC)ccc1OC(C)C. The maximum atomic E-state index is 14.4. The topological polar surface area (TPSA) is 153 Å². The van der Waals surface area contributed by atoms with Crippen LogP contribution in [0.1, 0.15) is 57.4 Å². The summed E-state index contributed by atoms with van der Waals surface area (Å²) in [4.78, 5) is 32.0. The third-order valence-electron chi connectivity index (χ3n) is 7.64. The van der Waals surface area contributed by atoms with Crippen molar-refractivity contribution >= 4 is 49.6 Å². The lowest BCUT2D eigenvalue weighted by Crippen LogP contribution is -2.35. The van der Waals surface area contributed by atoms with Crippen molar-refractivity contribution in [3.63, 3.8) is 0 Å². The summed E-state index contributed by atoms with van der Waals surface area (Å²) < 4.78 is 38.0. The quantitative estimate of drug-likeness (QED) is 0.160. The molecule has 0 aliphatic rings. The van der Waals surface area contributed by atoms with E-state index in [1.165, 1.54) is 17.9 Å². The van der Waals surface area contributed by atoms with Gasteiger partial charge in [0.1, 0.15) is 11.9 Å². The highest BCUT2D eigenvalue weighted by Crippen LogP contribution is 2.36. The van der Waals surface area contributed by atoms with Crippen molar-refractivity contribution in [2.24, 2.45) is 0 Å². The summed E-state index contributed by atoms with van der Waals surface area (Å²) in [5.74, 6) is 0.713. The van der Waals surface area contributed by atoms with E-state index in [2.05, 4.69) is 15.6 Å². The number of nitrogen functional groups attached to an aromatic ring is 1.